The zero-order valence-electron chi connectivity index (χ0n) is 14.0. The third kappa shape index (κ3) is 3.94. The molecule has 1 heterocycles. The molecule has 1 aliphatic heterocycles. The summed E-state index contributed by atoms with van der Waals surface area (Å²) >= 11 is 0. The number of hydrogen-bond donors (Lipinski definition) is 2. The van der Waals surface area contributed by atoms with Crippen LogP contribution in [0.5, 0.6) is 0 Å². The smallest absolute Gasteiger partial charge is 0.239 e. The van der Waals surface area contributed by atoms with Gasteiger partial charge in [0, 0.05) is 19.4 Å². The molecule has 1 aromatic carbocycles. The molecule has 5 nitrogen and oxygen atoms in total. The highest BCUT2D eigenvalue weighted by Gasteiger charge is 2.43. The molecule has 1 aromatic rings. The fourth-order valence-corrected chi connectivity index (χ4v) is 3.47. The highest BCUT2D eigenvalue weighted by atomic mass is 19.1. The largest absolute Gasteiger partial charge is 0.368 e. The topological polar surface area (TPSA) is 73.6 Å². The number of ether oxygens (including phenoxy) is 2. The Labute approximate surface area is 141 Å². The molecule has 1 saturated carbocycles. The summed E-state index contributed by atoms with van der Waals surface area (Å²) in [6.07, 6.45) is 3.95. The van der Waals surface area contributed by atoms with Crippen LogP contribution in [0.25, 0.3) is 0 Å². The maximum absolute atomic E-state index is 13.0. The van der Waals surface area contributed by atoms with Crippen LogP contribution in [0.2, 0.25) is 0 Å². The molecule has 0 radical (unpaired) electrons. The van der Waals surface area contributed by atoms with Crippen LogP contribution in [0.4, 0.5) is 4.39 Å². The van der Waals surface area contributed by atoms with E-state index in [0.29, 0.717) is 18.7 Å². The van der Waals surface area contributed by atoms with Gasteiger partial charge in [0.1, 0.15) is 11.9 Å². The van der Waals surface area contributed by atoms with Gasteiger partial charge >= 0.3 is 0 Å². The maximum atomic E-state index is 13.0. The molecule has 2 aliphatic rings. The third-order valence-electron chi connectivity index (χ3n) is 4.99. The first-order valence-corrected chi connectivity index (χ1v) is 8.57. The van der Waals surface area contributed by atoms with Gasteiger partial charge in [-0.15, -0.1) is 0 Å². The summed E-state index contributed by atoms with van der Waals surface area (Å²) in [5, 5.41) is 3.13. The number of nitrogens with one attached hydrogen (secondary N) is 1. The summed E-state index contributed by atoms with van der Waals surface area (Å²) in [6.45, 7) is 3.22. The van der Waals surface area contributed by atoms with Crippen molar-refractivity contribution in [1.29, 1.82) is 0 Å². The van der Waals surface area contributed by atoms with Gasteiger partial charge in [0.2, 0.25) is 5.91 Å². The minimum absolute atomic E-state index is 0.110. The summed E-state index contributed by atoms with van der Waals surface area (Å²) in [4.78, 5) is 11.7. The second kappa shape index (κ2) is 7.17. The van der Waals surface area contributed by atoms with Crippen LogP contribution in [0.1, 0.15) is 44.2 Å². The summed E-state index contributed by atoms with van der Waals surface area (Å²) in [7, 11) is 0. The van der Waals surface area contributed by atoms with Crippen LogP contribution >= 0.6 is 0 Å². The van der Waals surface area contributed by atoms with Crippen LogP contribution in [-0.2, 0) is 14.3 Å². The van der Waals surface area contributed by atoms with Crippen LogP contribution in [0.3, 0.4) is 0 Å². The average molecular weight is 336 g/mol. The van der Waals surface area contributed by atoms with Crippen molar-refractivity contribution in [1.82, 2.24) is 5.32 Å². The van der Waals surface area contributed by atoms with E-state index in [1.807, 2.05) is 0 Å². The van der Waals surface area contributed by atoms with Gasteiger partial charge in [0.25, 0.3) is 0 Å². The fourth-order valence-electron chi connectivity index (χ4n) is 3.47. The molecule has 2 atom stereocenters. The summed E-state index contributed by atoms with van der Waals surface area (Å²) in [5.74, 6) is -0.570. The number of carbonyl (C=O) groups excluding carboxylic acids is 1. The molecular formula is C18H25FN2O3. The van der Waals surface area contributed by atoms with Crippen molar-refractivity contribution in [3.8, 4) is 0 Å². The molecule has 2 fully saturated rings. The van der Waals surface area contributed by atoms with Crippen molar-refractivity contribution in [2.24, 2.45) is 11.7 Å². The lowest BCUT2D eigenvalue weighted by molar-refractivity contribution is -0.191. The molecule has 0 unspecified atom stereocenters. The van der Waals surface area contributed by atoms with E-state index in [9.17, 15) is 9.18 Å². The summed E-state index contributed by atoms with van der Waals surface area (Å²) in [6, 6.07) is 5.10. The van der Waals surface area contributed by atoms with Gasteiger partial charge in [-0.3, -0.25) is 10.1 Å². The van der Waals surface area contributed by atoms with Gasteiger partial charge in [-0.1, -0.05) is 19.1 Å². The Morgan fingerprint density at radius 3 is 2.67 bits per heavy atom. The second-order valence-electron chi connectivity index (χ2n) is 6.94. The number of halogens is 1. The Balaban J connectivity index is 1.56. The average Bonchev–Trinajstić information content (AvgIpc) is 2.95. The normalized spacial score (nSPS) is 31.2. The summed E-state index contributed by atoms with van der Waals surface area (Å²) < 4.78 is 25.1. The predicted molar refractivity (Wildman–Crippen MR) is 87.5 cm³/mol. The molecule has 1 saturated heterocycles. The van der Waals surface area contributed by atoms with Crippen LogP contribution < -0.4 is 11.1 Å². The quantitative estimate of drug-likeness (QED) is 0.865. The maximum Gasteiger partial charge on any atom is 0.239 e. The van der Waals surface area contributed by atoms with Gasteiger partial charge in [-0.05, 0) is 36.5 Å². The predicted octanol–water partition coefficient (Wildman–Crippen LogP) is 2.26. The molecule has 132 valence electrons. The zero-order chi connectivity index (χ0) is 17.2. The van der Waals surface area contributed by atoms with Gasteiger partial charge < -0.3 is 15.2 Å². The number of rotatable bonds is 5. The number of primary amides is 1. The van der Waals surface area contributed by atoms with E-state index in [1.54, 1.807) is 12.1 Å². The Morgan fingerprint density at radius 2 is 2.04 bits per heavy atom. The zero-order valence-corrected chi connectivity index (χ0v) is 14.0. The van der Waals surface area contributed by atoms with Crippen molar-refractivity contribution >= 4 is 5.91 Å². The highest BCUT2D eigenvalue weighted by molar-refractivity contribution is 5.81. The van der Waals surface area contributed by atoms with Gasteiger partial charge in [-0.2, -0.15) is 0 Å². The van der Waals surface area contributed by atoms with Crippen LogP contribution in [-0.4, -0.2) is 30.9 Å². The van der Waals surface area contributed by atoms with Crippen molar-refractivity contribution in [2.75, 3.05) is 13.2 Å². The van der Waals surface area contributed by atoms with Gasteiger partial charge in [0.05, 0.1) is 12.7 Å². The molecular weight excluding hydrogens is 311 g/mol. The minimum atomic E-state index is -0.669. The summed E-state index contributed by atoms with van der Waals surface area (Å²) in [5.41, 5.74) is 6.12. The first kappa shape index (κ1) is 17.3. The highest BCUT2D eigenvalue weighted by Crippen LogP contribution is 2.39. The number of carbonyl (C=O) groups is 1. The molecule has 1 amide bonds. The molecule has 1 spiro atoms. The minimum Gasteiger partial charge on any atom is -0.368 e. The van der Waals surface area contributed by atoms with Crippen LogP contribution in [0.15, 0.2) is 24.3 Å². The van der Waals surface area contributed by atoms with Crippen molar-refractivity contribution in [2.45, 2.75) is 50.5 Å². The van der Waals surface area contributed by atoms with E-state index in [4.69, 9.17) is 15.2 Å². The molecule has 24 heavy (non-hydrogen) atoms. The molecule has 3 rings (SSSR count). The van der Waals surface area contributed by atoms with Gasteiger partial charge in [0.15, 0.2) is 5.79 Å². The number of hydrogen-bond acceptors (Lipinski definition) is 4. The lowest BCUT2D eigenvalue weighted by Gasteiger charge is -2.34. The number of benzene rings is 1. The Morgan fingerprint density at radius 1 is 1.38 bits per heavy atom. The third-order valence-corrected chi connectivity index (χ3v) is 4.99. The van der Waals surface area contributed by atoms with E-state index in [2.05, 4.69) is 12.2 Å². The molecule has 0 bridgehead atoms. The molecule has 1 aliphatic carbocycles. The molecule has 6 heteroatoms. The lowest BCUT2D eigenvalue weighted by atomic mass is 9.86. The van der Waals surface area contributed by atoms with E-state index in [0.717, 1.165) is 31.6 Å². The van der Waals surface area contributed by atoms with Crippen molar-refractivity contribution in [3.05, 3.63) is 35.6 Å². The molecule has 3 N–H and O–H groups in total. The number of amides is 1. The fraction of sp³-hybridized carbons (Fsp3) is 0.611. The first-order chi connectivity index (χ1) is 11.5. The van der Waals surface area contributed by atoms with Crippen LogP contribution in [0, 0.1) is 11.7 Å². The first-order valence-electron chi connectivity index (χ1n) is 8.57. The van der Waals surface area contributed by atoms with E-state index in [1.165, 1.54) is 12.1 Å². The van der Waals surface area contributed by atoms with Crippen molar-refractivity contribution < 1.29 is 18.7 Å². The number of nitrogens with two attached hydrogens (primary N) is 1. The Kier molecular flexibility index (Phi) is 5.18. The SMILES string of the molecule is CC1CCC2(CC1)OC[C@@H](CN[C@@H](C(N)=O)c1ccc(F)cc1)O2. The monoisotopic (exact) mass is 336 g/mol. The Hall–Kier alpha value is -1.50. The van der Waals surface area contributed by atoms with E-state index < -0.39 is 17.7 Å². The van der Waals surface area contributed by atoms with Gasteiger partial charge in [-0.25, -0.2) is 4.39 Å². The molecule has 0 aromatic heterocycles. The van der Waals surface area contributed by atoms with E-state index in [-0.39, 0.29) is 11.9 Å². The van der Waals surface area contributed by atoms with Crippen molar-refractivity contribution in [3.63, 3.8) is 0 Å². The lowest BCUT2D eigenvalue weighted by Crippen LogP contribution is -2.40. The standard InChI is InChI=1S/C18H25FN2O3/c1-12-6-8-18(9-7-12)23-11-15(24-18)10-21-16(17(20)22)13-2-4-14(19)5-3-13/h2-5,12,15-16,21H,6-11H2,1H3,(H2,20,22)/t12?,15-,16-,18?/m1/s1. The second-order valence-corrected chi connectivity index (χ2v) is 6.94. The Bertz CT molecular complexity index is 570. The van der Waals surface area contributed by atoms with E-state index >= 15 is 0 Å².